The van der Waals surface area contributed by atoms with Gasteiger partial charge in [-0.05, 0) is 24.6 Å². The van der Waals surface area contributed by atoms with Gasteiger partial charge in [-0.2, -0.15) is 0 Å². The molecule has 2 amide bonds. The number of hydrogen-bond acceptors (Lipinski definition) is 4. The number of hydrogen-bond donors (Lipinski definition) is 0. The molecule has 0 radical (unpaired) electrons. The van der Waals surface area contributed by atoms with Crippen molar-refractivity contribution in [3.8, 4) is 0 Å². The average molecular weight is 427 g/mol. The summed E-state index contributed by atoms with van der Waals surface area (Å²) in [5.41, 5.74) is 0.974. The maximum Gasteiger partial charge on any atom is 0.256 e. The summed E-state index contributed by atoms with van der Waals surface area (Å²) in [6.07, 6.45) is 0. The van der Waals surface area contributed by atoms with Crippen molar-refractivity contribution < 1.29 is 18.7 Å². The minimum atomic E-state index is -1.24. The van der Waals surface area contributed by atoms with Gasteiger partial charge in [0, 0.05) is 20.2 Å². The maximum atomic E-state index is 13.0. The highest BCUT2D eigenvalue weighted by molar-refractivity contribution is 6.53. The van der Waals surface area contributed by atoms with Crippen LogP contribution in [0.15, 0.2) is 46.9 Å². The van der Waals surface area contributed by atoms with Crippen LogP contribution in [-0.4, -0.2) is 53.3 Å². The van der Waals surface area contributed by atoms with E-state index in [-0.39, 0.29) is 25.6 Å². The van der Waals surface area contributed by atoms with Gasteiger partial charge in [-0.1, -0.05) is 53.5 Å². The summed E-state index contributed by atoms with van der Waals surface area (Å²) in [4.78, 5) is 27.0. The Balaban J connectivity index is 2.16. The first-order valence-electron chi connectivity index (χ1n) is 8.83. The number of carbonyl (C=O) groups excluding carboxylic acids is 2. The molecule has 1 aromatic heterocycles. The number of halogens is 2. The van der Waals surface area contributed by atoms with E-state index < -0.39 is 10.7 Å². The van der Waals surface area contributed by atoms with E-state index in [1.165, 1.54) is 12.0 Å². The number of furan rings is 1. The second kappa shape index (κ2) is 11.1. The molecule has 0 bridgehead atoms. The van der Waals surface area contributed by atoms with Crippen LogP contribution in [0.2, 0.25) is 0 Å². The van der Waals surface area contributed by atoms with Crippen LogP contribution in [0.25, 0.3) is 0 Å². The van der Waals surface area contributed by atoms with Gasteiger partial charge in [0.05, 0.1) is 19.7 Å². The van der Waals surface area contributed by atoms with Crippen molar-refractivity contribution in [3.05, 3.63) is 59.5 Å². The van der Waals surface area contributed by atoms with Crippen molar-refractivity contribution in [2.45, 2.75) is 24.8 Å². The lowest BCUT2D eigenvalue weighted by Crippen LogP contribution is -2.45. The SMILES string of the molecule is COCCN(CC(=O)N(Cc1ccccc1)Cc1ccc(C)o1)C(=O)C(Cl)Cl. The summed E-state index contributed by atoms with van der Waals surface area (Å²) in [5, 5.41) is 0. The van der Waals surface area contributed by atoms with Crippen molar-refractivity contribution in [1.82, 2.24) is 9.80 Å². The Morgan fingerprint density at radius 3 is 2.36 bits per heavy atom. The molecule has 8 heteroatoms. The zero-order valence-electron chi connectivity index (χ0n) is 15.9. The summed E-state index contributed by atoms with van der Waals surface area (Å²) in [7, 11) is 1.52. The second-order valence-electron chi connectivity index (χ2n) is 6.30. The molecular formula is C20H24Cl2N2O4. The number of methoxy groups -OCH3 is 1. The van der Waals surface area contributed by atoms with Gasteiger partial charge >= 0.3 is 0 Å². The summed E-state index contributed by atoms with van der Waals surface area (Å²) < 4.78 is 10.6. The molecule has 1 heterocycles. The lowest BCUT2D eigenvalue weighted by atomic mass is 10.2. The van der Waals surface area contributed by atoms with Crippen LogP contribution in [0.3, 0.4) is 0 Å². The molecule has 28 heavy (non-hydrogen) atoms. The fourth-order valence-electron chi connectivity index (χ4n) is 2.66. The van der Waals surface area contributed by atoms with E-state index in [2.05, 4.69) is 0 Å². The highest BCUT2D eigenvalue weighted by Crippen LogP contribution is 2.14. The van der Waals surface area contributed by atoms with Gasteiger partial charge in [-0.3, -0.25) is 9.59 Å². The normalized spacial score (nSPS) is 10.9. The van der Waals surface area contributed by atoms with Crippen LogP contribution in [0.1, 0.15) is 17.1 Å². The Morgan fingerprint density at radius 2 is 1.79 bits per heavy atom. The molecule has 2 aromatic rings. The second-order valence-corrected chi connectivity index (χ2v) is 7.40. The molecule has 0 saturated heterocycles. The molecule has 2 rings (SSSR count). The number of rotatable bonds is 10. The van der Waals surface area contributed by atoms with Gasteiger partial charge in [0.1, 0.15) is 11.5 Å². The molecule has 152 valence electrons. The first kappa shape index (κ1) is 22.3. The van der Waals surface area contributed by atoms with Crippen molar-refractivity contribution in [2.24, 2.45) is 0 Å². The van der Waals surface area contributed by atoms with Crippen LogP contribution in [0.5, 0.6) is 0 Å². The number of amides is 2. The average Bonchev–Trinajstić information content (AvgIpc) is 3.09. The van der Waals surface area contributed by atoms with Crippen molar-refractivity contribution in [1.29, 1.82) is 0 Å². The zero-order valence-corrected chi connectivity index (χ0v) is 17.4. The van der Waals surface area contributed by atoms with Gasteiger partial charge < -0.3 is 19.0 Å². The molecule has 0 aliphatic carbocycles. The summed E-state index contributed by atoms with van der Waals surface area (Å²) >= 11 is 11.4. The fourth-order valence-corrected chi connectivity index (χ4v) is 2.94. The van der Waals surface area contributed by atoms with E-state index >= 15 is 0 Å². The predicted octanol–water partition coefficient (Wildman–Crippen LogP) is 3.40. The third-order valence-corrected chi connectivity index (χ3v) is 4.47. The van der Waals surface area contributed by atoms with Crippen LogP contribution in [0, 0.1) is 6.92 Å². The molecule has 0 N–H and O–H groups in total. The highest BCUT2D eigenvalue weighted by Gasteiger charge is 2.25. The molecule has 0 aliphatic heterocycles. The van der Waals surface area contributed by atoms with Crippen LogP contribution in [0.4, 0.5) is 0 Å². The van der Waals surface area contributed by atoms with E-state index in [1.807, 2.05) is 49.4 Å². The predicted molar refractivity (Wildman–Crippen MR) is 108 cm³/mol. The monoisotopic (exact) mass is 426 g/mol. The molecule has 0 fully saturated rings. The molecule has 1 aromatic carbocycles. The van der Waals surface area contributed by atoms with E-state index in [1.54, 1.807) is 4.90 Å². The first-order valence-corrected chi connectivity index (χ1v) is 9.71. The lowest BCUT2D eigenvalue weighted by molar-refractivity contribution is -0.141. The molecule has 6 nitrogen and oxygen atoms in total. The summed E-state index contributed by atoms with van der Waals surface area (Å²) in [5.74, 6) is 0.675. The number of ether oxygens (including phenoxy) is 1. The molecule has 0 spiro atoms. The van der Waals surface area contributed by atoms with E-state index in [0.717, 1.165) is 11.3 Å². The topological polar surface area (TPSA) is 63.0 Å². The van der Waals surface area contributed by atoms with Gasteiger partial charge in [-0.25, -0.2) is 0 Å². The maximum absolute atomic E-state index is 13.0. The third kappa shape index (κ3) is 6.86. The fraction of sp³-hybridized carbons (Fsp3) is 0.400. The smallest absolute Gasteiger partial charge is 0.256 e. The molecule has 0 atom stereocenters. The van der Waals surface area contributed by atoms with Crippen molar-refractivity contribution in [3.63, 3.8) is 0 Å². The van der Waals surface area contributed by atoms with Gasteiger partial charge in [0.25, 0.3) is 5.91 Å². The van der Waals surface area contributed by atoms with E-state index in [9.17, 15) is 9.59 Å². The van der Waals surface area contributed by atoms with Crippen LogP contribution >= 0.6 is 23.2 Å². The standard InChI is InChI=1S/C20H24Cl2N2O4/c1-15-8-9-17(28-15)13-24(12-16-6-4-3-5-7-16)18(25)14-23(10-11-27-2)20(26)19(21)22/h3-9,19H,10-14H2,1-2H3. The summed E-state index contributed by atoms with van der Waals surface area (Å²) in [6, 6.07) is 13.3. The number of alkyl halides is 2. The van der Waals surface area contributed by atoms with Crippen LogP contribution < -0.4 is 0 Å². The Bertz CT molecular complexity index is 765. The van der Waals surface area contributed by atoms with Crippen molar-refractivity contribution >= 4 is 35.0 Å². The lowest BCUT2D eigenvalue weighted by Gasteiger charge is -2.27. The Labute approximate surface area is 174 Å². The number of aryl methyl sites for hydroxylation is 1. The number of nitrogens with zero attached hydrogens (tertiary/aromatic N) is 2. The Hall–Kier alpha value is -2.02. The zero-order chi connectivity index (χ0) is 20.5. The number of carbonyl (C=O) groups is 2. The van der Waals surface area contributed by atoms with E-state index in [0.29, 0.717) is 18.8 Å². The molecular weight excluding hydrogens is 403 g/mol. The van der Waals surface area contributed by atoms with E-state index in [4.69, 9.17) is 32.4 Å². The molecule has 0 saturated carbocycles. The minimum absolute atomic E-state index is 0.148. The van der Waals surface area contributed by atoms with Gasteiger partial charge in [0.15, 0.2) is 4.84 Å². The van der Waals surface area contributed by atoms with Gasteiger partial charge in [0.2, 0.25) is 5.91 Å². The molecule has 0 unspecified atom stereocenters. The Morgan fingerprint density at radius 1 is 1.07 bits per heavy atom. The third-order valence-electron chi connectivity index (χ3n) is 4.10. The molecule has 0 aliphatic rings. The Kier molecular flexibility index (Phi) is 8.83. The quantitative estimate of drug-likeness (QED) is 0.546. The van der Waals surface area contributed by atoms with Gasteiger partial charge in [-0.15, -0.1) is 0 Å². The summed E-state index contributed by atoms with van der Waals surface area (Å²) in [6.45, 7) is 2.87. The highest BCUT2D eigenvalue weighted by atomic mass is 35.5. The van der Waals surface area contributed by atoms with Crippen molar-refractivity contribution in [2.75, 3.05) is 26.8 Å². The minimum Gasteiger partial charge on any atom is -0.464 e. The largest absolute Gasteiger partial charge is 0.464 e. The number of benzene rings is 1. The first-order chi connectivity index (χ1) is 13.4. The van der Waals surface area contributed by atoms with Crippen LogP contribution in [-0.2, 0) is 27.4 Å².